The number of benzene rings is 2. The van der Waals surface area contributed by atoms with E-state index in [1.54, 1.807) is 14.2 Å². The highest BCUT2D eigenvalue weighted by Gasteiger charge is 2.06. The van der Waals surface area contributed by atoms with Crippen molar-refractivity contribution in [2.24, 2.45) is 4.99 Å². The quantitative estimate of drug-likeness (QED) is 0.170. The van der Waals surface area contributed by atoms with Crippen molar-refractivity contribution in [3.8, 4) is 5.75 Å². The summed E-state index contributed by atoms with van der Waals surface area (Å²) in [6.07, 6.45) is 1.70. The highest BCUT2D eigenvalue weighted by molar-refractivity contribution is 14.0. The molecule has 0 saturated heterocycles. The Morgan fingerprint density at radius 2 is 1.81 bits per heavy atom. The topological polar surface area (TPSA) is 84.0 Å². The van der Waals surface area contributed by atoms with E-state index in [2.05, 4.69) is 46.1 Å². The van der Waals surface area contributed by atoms with Crippen molar-refractivity contribution in [3.63, 3.8) is 0 Å². The minimum atomic E-state index is -0.0681. The molecule has 0 unspecified atom stereocenters. The molecule has 0 fully saturated rings. The minimum Gasteiger partial charge on any atom is -0.493 e. The van der Waals surface area contributed by atoms with Crippen LogP contribution in [0.2, 0.25) is 0 Å². The fourth-order valence-corrected chi connectivity index (χ4v) is 3.01. The molecule has 3 N–H and O–H groups in total. The van der Waals surface area contributed by atoms with E-state index in [0.29, 0.717) is 19.8 Å². The van der Waals surface area contributed by atoms with Crippen molar-refractivity contribution < 1.29 is 14.3 Å². The molecule has 0 aliphatic carbocycles. The summed E-state index contributed by atoms with van der Waals surface area (Å²) in [7, 11) is 3.45. The predicted octanol–water partition coefficient (Wildman–Crippen LogP) is 3.89. The summed E-state index contributed by atoms with van der Waals surface area (Å²) in [5.41, 5.74) is 4.24. The molecule has 0 aromatic heterocycles. The largest absolute Gasteiger partial charge is 0.493 e. The van der Waals surface area contributed by atoms with E-state index < -0.39 is 0 Å². The number of carbonyl (C=O) groups excluding carboxylic acids is 1. The number of hydrogen-bond donors (Lipinski definition) is 3. The lowest BCUT2D eigenvalue weighted by Gasteiger charge is -2.15. The van der Waals surface area contributed by atoms with Crippen LogP contribution >= 0.6 is 24.0 Å². The van der Waals surface area contributed by atoms with Gasteiger partial charge in [-0.3, -0.25) is 9.79 Å². The summed E-state index contributed by atoms with van der Waals surface area (Å²) in [6.45, 7) is 6.23. The molecule has 2 aromatic carbocycles. The maximum Gasteiger partial charge on any atom is 0.221 e. The number of methoxy groups -OCH3 is 1. The van der Waals surface area contributed by atoms with E-state index in [0.717, 1.165) is 47.9 Å². The molecule has 0 aliphatic rings. The van der Waals surface area contributed by atoms with Crippen molar-refractivity contribution in [1.29, 1.82) is 0 Å². The first kappa shape index (κ1) is 27.7. The van der Waals surface area contributed by atoms with Gasteiger partial charge in [0.1, 0.15) is 5.75 Å². The van der Waals surface area contributed by atoms with Gasteiger partial charge in [-0.15, -0.1) is 24.0 Å². The highest BCUT2D eigenvalue weighted by atomic mass is 127. The summed E-state index contributed by atoms with van der Waals surface area (Å²) in [4.78, 5) is 15.4. The molecular weight excluding hydrogens is 519 g/mol. The predicted molar refractivity (Wildman–Crippen MR) is 141 cm³/mol. The Labute approximate surface area is 208 Å². The molecule has 0 aliphatic heterocycles. The Morgan fingerprint density at radius 3 is 2.47 bits per heavy atom. The zero-order valence-electron chi connectivity index (χ0n) is 19.4. The van der Waals surface area contributed by atoms with E-state index in [9.17, 15) is 4.79 Å². The van der Waals surface area contributed by atoms with E-state index in [1.807, 2.05) is 24.3 Å². The summed E-state index contributed by atoms with van der Waals surface area (Å²) in [5, 5.41) is 9.46. The smallest absolute Gasteiger partial charge is 0.221 e. The first-order valence-electron chi connectivity index (χ1n) is 10.5. The third kappa shape index (κ3) is 10.3. The van der Waals surface area contributed by atoms with E-state index in [4.69, 9.17) is 9.47 Å². The molecule has 0 atom stereocenters. The number of aryl methyl sites for hydroxylation is 1. The SMILES string of the molecule is CN=C(NCCc1ccc(NC(C)=O)cc1)NCc1ccc(C)cc1OCCCOC.I. The van der Waals surface area contributed by atoms with Crippen molar-refractivity contribution in [2.75, 3.05) is 39.2 Å². The number of halogens is 1. The fraction of sp³-hybridized carbons (Fsp3) is 0.417. The second kappa shape index (κ2) is 15.5. The second-order valence-electron chi connectivity index (χ2n) is 7.29. The zero-order valence-corrected chi connectivity index (χ0v) is 21.7. The maximum absolute atomic E-state index is 11.1. The van der Waals surface area contributed by atoms with Crippen LogP contribution in [-0.2, 0) is 22.5 Å². The van der Waals surface area contributed by atoms with E-state index >= 15 is 0 Å². The van der Waals surface area contributed by atoms with Crippen molar-refractivity contribution in [3.05, 3.63) is 59.2 Å². The number of guanidine groups is 1. The van der Waals surface area contributed by atoms with Gasteiger partial charge in [0.2, 0.25) is 5.91 Å². The van der Waals surface area contributed by atoms with Gasteiger partial charge in [-0.1, -0.05) is 24.3 Å². The molecule has 0 spiro atoms. The van der Waals surface area contributed by atoms with Gasteiger partial charge < -0.3 is 25.4 Å². The highest BCUT2D eigenvalue weighted by Crippen LogP contribution is 2.20. The molecule has 2 aromatic rings. The number of aliphatic imine (C=N–C) groups is 1. The Kier molecular flexibility index (Phi) is 13.4. The van der Waals surface area contributed by atoms with Crippen molar-refractivity contribution in [1.82, 2.24) is 10.6 Å². The maximum atomic E-state index is 11.1. The van der Waals surface area contributed by atoms with E-state index in [1.165, 1.54) is 12.5 Å². The van der Waals surface area contributed by atoms with Crippen LogP contribution in [0.25, 0.3) is 0 Å². The normalized spacial score (nSPS) is 10.8. The van der Waals surface area contributed by atoms with Crippen LogP contribution in [0.1, 0.15) is 30.0 Å². The van der Waals surface area contributed by atoms with Gasteiger partial charge in [0.15, 0.2) is 5.96 Å². The third-order valence-electron chi connectivity index (χ3n) is 4.62. The molecule has 0 bridgehead atoms. The van der Waals surface area contributed by atoms with Crippen molar-refractivity contribution in [2.45, 2.75) is 33.2 Å². The molecule has 8 heteroatoms. The fourth-order valence-electron chi connectivity index (χ4n) is 3.01. The molecule has 0 saturated carbocycles. The lowest BCUT2D eigenvalue weighted by atomic mass is 10.1. The number of anilines is 1. The van der Waals surface area contributed by atoms with Gasteiger partial charge in [0.05, 0.1) is 6.61 Å². The Hall–Kier alpha value is -2.33. The third-order valence-corrected chi connectivity index (χ3v) is 4.62. The van der Waals surface area contributed by atoms with Crippen LogP contribution in [0.5, 0.6) is 5.75 Å². The summed E-state index contributed by atoms with van der Waals surface area (Å²) in [5.74, 6) is 1.56. The minimum absolute atomic E-state index is 0. The lowest BCUT2D eigenvalue weighted by molar-refractivity contribution is -0.114. The Bertz CT molecular complexity index is 857. The molecule has 0 radical (unpaired) electrons. The van der Waals surface area contributed by atoms with Crippen molar-refractivity contribution >= 4 is 41.5 Å². The van der Waals surface area contributed by atoms with Gasteiger partial charge in [-0.05, 0) is 42.7 Å². The standard InChI is InChI=1S/C24H34N4O3.HI/c1-18-6-9-21(23(16-18)31-15-5-14-30-4)17-27-24(25-3)26-13-12-20-7-10-22(11-8-20)28-19(2)29;/h6-11,16H,5,12-15,17H2,1-4H3,(H,28,29)(H2,25,26,27);1H. The number of nitrogens with one attached hydrogen (secondary N) is 3. The Morgan fingerprint density at radius 1 is 1.06 bits per heavy atom. The molecule has 176 valence electrons. The first-order chi connectivity index (χ1) is 15.0. The monoisotopic (exact) mass is 554 g/mol. The van der Waals surface area contributed by atoms with Gasteiger partial charge in [-0.2, -0.15) is 0 Å². The summed E-state index contributed by atoms with van der Waals surface area (Å²) < 4.78 is 11.0. The van der Waals surface area contributed by atoms with Gasteiger partial charge >= 0.3 is 0 Å². The molecule has 1 amide bonds. The first-order valence-corrected chi connectivity index (χ1v) is 10.5. The van der Waals surface area contributed by atoms with Crippen LogP contribution in [-0.4, -0.2) is 45.8 Å². The van der Waals surface area contributed by atoms with Gasteiger partial charge in [0, 0.05) is 58.4 Å². The lowest BCUT2D eigenvalue weighted by Crippen LogP contribution is -2.37. The van der Waals surface area contributed by atoms with Crippen LogP contribution < -0.4 is 20.7 Å². The summed E-state index contributed by atoms with van der Waals surface area (Å²) in [6, 6.07) is 14.1. The molecule has 0 heterocycles. The number of amides is 1. The second-order valence-corrected chi connectivity index (χ2v) is 7.29. The molecule has 7 nitrogen and oxygen atoms in total. The number of carbonyl (C=O) groups is 1. The van der Waals surface area contributed by atoms with Crippen LogP contribution in [0.4, 0.5) is 5.69 Å². The van der Waals surface area contributed by atoms with Crippen LogP contribution in [0.3, 0.4) is 0 Å². The molecule has 2 rings (SSSR count). The van der Waals surface area contributed by atoms with Gasteiger partial charge in [0.25, 0.3) is 0 Å². The number of nitrogens with zero attached hydrogens (tertiary/aromatic N) is 1. The van der Waals surface area contributed by atoms with Crippen LogP contribution in [0, 0.1) is 6.92 Å². The molecular formula is C24H35IN4O3. The average Bonchev–Trinajstić information content (AvgIpc) is 2.75. The number of rotatable bonds is 11. The average molecular weight is 554 g/mol. The van der Waals surface area contributed by atoms with E-state index in [-0.39, 0.29) is 29.9 Å². The summed E-state index contributed by atoms with van der Waals surface area (Å²) >= 11 is 0. The number of ether oxygens (including phenoxy) is 2. The molecule has 32 heavy (non-hydrogen) atoms. The number of hydrogen-bond acceptors (Lipinski definition) is 4. The van der Waals surface area contributed by atoms with Crippen LogP contribution in [0.15, 0.2) is 47.5 Å². The van der Waals surface area contributed by atoms with Gasteiger partial charge in [-0.25, -0.2) is 0 Å². The Balaban J connectivity index is 0.00000512. The zero-order chi connectivity index (χ0) is 22.5.